The number of H-pyrrole nitrogens is 1. The number of methoxy groups -OCH3 is 1. The largest absolute Gasteiger partial charge is 0.453 e. The molecule has 0 bridgehead atoms. The molecule has 2 N–H and O–H groups in total. The highest BCUT2D eigenvalue weighted by molar-refractivity contribution is 7.99. The zero-order chi connectivity index (χ0) is 21.8. The zero-order valence-electron chi connectivity index (χ0n) is 18.3. The molecule has 0 spiro atoms. The van der Waals surface area contributed by atoms with Crippen LogP contribution in [0.15, 0.2) is 35.2 Å². The molecule has 0 saturated carbocycles. The van der Waals surface area contributed by atoms with Crippen molar-refractivity contribution in [2.45, 2.75) is 36.7 Å². The molecule has 1 saturated heterocycles. The molecular formula is C24H31N3O3S. The van der Waals surface area contributed by atoms with E-state index in [-0.39, 0.29) is 12.2 Å². The van der Waals surface area contributed by atoms with Gasteiger partial charge in [-0.15, -0.1) is 11.8 Å². The van der Waals surface area contributed by atoms with Crippen molar-refractivity contribution in [3.05, 3.63) is 41.6 Å². The Labute approximate surface area is 188 Å². The summed E-state index contributed by atoms with van der Waals surface area (Å²) in [6.45, 7) is 2.23. The number of fused-ring (bicyclic) bond motifs is 1. The lowest BCUT2D eigenvalue weighted by Crippen LogP contribution is -2.27. The van der Waals surface area contributed by atoms with Crippen molar-refractivity contribution in [2.75, 3.05) is 44.4 Å². The molecule has 1 atom stereocenters. The summed E-state index contributed by atoms with van der Waals surface area (Å²) in [5.74, 6) is 0.923. The Balaban J connectivity index is 1.52. The lowest BCUT2D eigenvalue weighted by Gasteiger charge is -2.22. The Morgan fingerprint density at radius 3 is 3.00 bits per heavy atom. The number of aromatic amines is 1. The Hall–Kier alpha value is -2.38. The van der Waals surface area contributed by atoms with Gasteiger partial charge in [-0.25, -0.2) is 4.79 Å². The van der Waals surface area contributed by atoms with Crippen LogP contribution in [0.5, 0.6) is 0 Å². The third-order valence-electron chi connectivity index (χ3n) is 5.95. The number of ether oxygens (including phenoxy) is 1. The standard InChI is InChI=1S/C24H31N3O3S/c1-26(24(29)30-2)11-5-13-31-19-8-9-23(27-12-10-18(28)16-27)20(15-19)22-14-17-6-3-4-7-21(17)25-22/h4,7-9,14-15,18,25,28H,3,5-6,10-13,16H2,1-2H3. The number of aliphatic hydroxyl groups excluding tert-OH is 1. The average molecular weight is 442 g/mol. The number of amides is 1. The van der Waals surface area contributed by atoms with Crippen LogP contribution < -0.4 is 4.90 Å². The maximum atomic E-state index is 11.5. The van der Waals surface area contributed by atoms with Gasteiger partial charge in [0.25, 0.3) is 0 Å². The Bertz CT molecular complexity index is 956. The molecule has 2 heterocycles. The number of allylic oxidation sites excluding steroid dienone is 1. The van der Waals surface area contributed by atoms with Crippen LogP contribution in [0.3, 0.4) is 0 Å². The molecule has 7 heteroatoms. The summed E-state index contributed by atoms with van der Waals surface area (Å²) >= 11 is 1.80. The van der Waals surface area contributed by atoms with Crippen molar-refractivity contribution in [3.8, 4) is 11.3 Å². The minimum atomic E-state index is -0.297. The van der Waals surface area contributed by atoms with E-state index in [2.05, 4.69) is 46.3 Å². The molecule has 1 fully saturated rings. The Kier molecular flexibility index (Phi) is 6.92. The lowest BCUT2D eigenvalue weighted by atomic mass is 10.0. The predicted molar refractivity (Wildman–Crippen MR) is 127 cm³/mol. The molecule has 4 rings (SSSR count). The van der Waals surface area contributed by atoms with Gasteiger partial charge in [0.2, 0.25) is 0 Å². The first kappa shape index (κ1) is 21.8. The van der Waals surface area contributed by atoms with Crippen molar-refractivity contribution in [2.24, 2.45) is 0 Å². The number of nitrogens with zero attached hydrogens (tertiary/aromatic N) is 2. The van der Waals surface area contributed by atoms with Gasteiger partial charge in [-0.1, -0.05) is 6.08 Å². The second-order valence-corrected chi connectivity index (χ2v) is 9.39. The normalized spacial score (nSPS) is 17.6. The fourth-order valence-electron chi connectivity index (χ4n) is 4.25. The van der Waals surface area contributed by atoms with Crippen LogP contribution >= 0.6 is 11.8 Å². The van der Waals surface area contributed by atoms with Gasteiger partial charge < -0.3 is 24.6 Å². The first-order valence-corrected chi connectivity index (χ1v) is 11.9. The second kappa shape index (κ2) is 9.83. The highest BCUT2D eigenvalue weighted by Crippen LogP contribution is 2.37. The number of β-amino-alcohol motifs (C(OH)–C–C–N with tert-alkyl or cyclic N) is 1. The summed E-state index contributed by atoms with van der Waals surface area (Å²) in [4.78, 5) is 20.2. The molecule has 31 heavy (non-hydrogen) atoms. The molecule has 1 aromatic carbocycles. The molecule has 2 aliphatic rings. The molecule has 6 nitrogen and oxygen atoms in total. The molecule has 1 aromatic heterocycles. The van der Waals surface area contributed by atoms with Crippen LogP contribution in [-0.2, 0) is 11.2 Å². The highest BCUT2D eigenvalue weighted by atomic mass is 32.2. The van der Waals surface area contributed by atoms with Gasteiger partial charge in [-0.05, 0) is 67.3 Å². The third-order valence-corrected chi connectivity index (χ3v) is 7.03. The summed E-state index contributed by atoms with van der Waals surface area (Å²) in [5.41, 5.74) is 6.08. The molecule has 0 radical (unpaired) electrons. The Morgan fingerprint density at radius 1 is 1.39 bits per heavy atom. The van der Waals surface area contributed by atoms with Crippen molar-refractivity contribution in [3.63, 3.8) is 0 Å². The van der Waals surface area contributed by atoms with Crippen LogP contribution in [0.1, 0.15) is 30.5 Å². The average Bonchev–Trinajstić information content (AvgIpc) is 3.42. The summed E-state index contributed by atoms with van der Waals surface area (Å²) in [7, 11) is 3.17. The van der Waals surface area contributed by atoms with Crippen LogP contribution in [0.25, 0.3) is 17.3 Å². The number of hydrogen-bond donors (Lipinski definition) is 2. The van der Waals surface area contributed by atoms with Gasteiger partial charge in [0.15, 0.2) is 0 Å². The number of carbonyl (C=O) groups is 1. The first-order chi connectivity index (χ1) is 15.0. The van der Waals surface area contributed by atoms with Crippen molar-refractivity contribution < 1.29 is 14.6 Å². The lowest BCUT2D eigenvalue weighted by molar-refractivity contribution is 0.133. The van der Waals surface area contributed by atoms with E-state index < -0.39 is 0 Å². The van der Waals surface area contributed by atoms with Gasteiger partial charge in [0, 0.05) is 54.2 Å². The Morgan fingerprint density at radius 2 is 2.26 bits per heavy atom. The monoisotopic (exact) mass is 441 g/mol. The van der Waals surface area contributed by atoms with E-state index in [0.29, 0.717) is 13.1 Å². The maximum Gasteiger partial charge on any atom is 0.409 e. The minimum Gasteiger partial charge on any atom is -0.453 e. The van der Waals surface area contributed by atoms with Gasteiger partial charge in [0.1, 0.15) is 0 Å². The SMILES string of the molecule is COC(=O)N(C)CCCSc1ccc(N2CCC(O)C2)c(-c2cc3c([nH]2)C=CCC3)c1. The van der Waals surface area contributed by atoms with E-state index >= 15 is 0 Å². The summed E-state index contributed by atoms with van der Waals surface area (Å²) in [6.07, 6.45) is 7.72. The molecule has 166 valence electrons. The van der Waals surface area contributed by atoms with Crippen molar-refractivity contribution in [1.82, 2.24) is 9.88 Å². The molecular weight excluding hydrogens is 410 g/mol. The van der Waals surface area contributed by atoms with E-state index in [1.807, 2.05) is 0 Å². The van der Waals surface area contributed by atoms with Crippen molar-refractivity contribution in [1.29, 1.82) is 0 Å². The van der Waals surface area contributed by atoms with E-state index in [9.17, 15) is 9.90 Å². The van der Waals surface area contributed by atoms with E-state index in [4.69, 9.17) is 4.74 Å². The number of benzene rings is 1. The number of thioether (sulfide) groups is 1. The molecule has 1 aliphatic heterocycles. The van der Waals surface area contributed by atoms with Crippen LogP contribution in [-0.4, -0.2) is 66.7 Å². The van der Waals surface area contributed by atoms with Crippen LogP contribution in [0.4, 0.5) is 10.5 Å². The van der Waals surface area contributed by atoms with E-state index in [0.717, 1.165) is 43.7 Å². The second-order valence-electron chi connectivity index (χ2n) is 8.22. The number of nitrogens with one attached hydrogen (secondary N) is 1. The smallest absolute Gasteiger partial charge is 0.409 e. The number of hydrogen-bond acceptors (Lipinski definition) is 5. The van der Waals surface area contributed by atoms with E-state index in [1.54, 1.807) is 23.7 Å². The van der Waals surface area contributed by atoms with Gasteiger partial charge in [-0.2, -0.15) is 0 Å². The molecule has 1 amide bonds. The number of aliphatic hydroxyl groups is 1. The highest BCUT2D eigenvalue weighted by Gasteiger charge is 2.24. The fourth-order valence-corrected chi connectivity index (χ4v) is 5.12. The maximum absolute atomic E-state index is 11.5. The zero-order valence-corrected chi connectivity index (χ0v) is 19.1. The van der Waals surface area contributed by atoms with Gasteiger partial charge >= 0.3 is 6.09 Å². The third kappa shape index (κ3) is 5.10. The quantitative estimate of drug-likeness (QED) is 0.493. The topological polar surface area (TPSA) is 68.8 Å². The summed E-state index contributed by atoms with van der Waals surface area (Å²) < 4.78 is 4.75. The minimum absolute atomic E-state index is 0.256. The van der Waals surface area contributed by atoms with Crippen LogP contribution in [0, 0.1) is 0 Å². The predicted octanol–water partition coefficient (Wildman–Crippen LogP) is 4.39. The van der Waals surface area contributed by atoms with Crippen molar-refractivity contribution >= 4 is 29.6 Å². The number of rotatable bonds is 7. The fraction of sp³-hybridized carbons (Fsp3) is 0.458. The number of aryl methyl sites for hydroxylation is 1. The van der Waals surface area contributed by atoms with Crippen LogP contribution in [0.2, 0.25) is 0 Å². The van der Waals surface area contributed by atoms with E-state index in [1.165, 1.54) is 34.5 Å². The molecule has 1 aliphatic carbocycles. The summed E-state index contributed by atoms with van der Waals surface area (Å²) in [5, 5.41) is 10.1. The molecule has 2 aromatic rings. The molecule has 1 unspecified atom stereocenters. The first-order valence-electron chi connectivity index (χ1n) is 10.9. The summed E-state index contributed by atoms with van der Waals surface area (Å²) in [6, 6.07) is 8.90. The number of anilines is 1. The number of carbonyl (C=O) groups excluding carboxylic acids is 1. The van der Waals surface area contributed by atoms with Gasteiger partial charge in [0.05, 0.1) is 13.2 Å². The number of aromatic nitrogens is 1. The van der Waals surface area contributed by atoms with Gasteiger partial charge in [-0.3, -0.25) is 0 Å².